The Bertz CT molecular complexity index is 698. The van der Waals surface area contributed by atoms with Crippen LogP contribution < -0.4 is 5.46 Å². The predicted octanol–water partition coefficient (Wildman–Crippen LogP) is 2.14. The van der Waals surface area contributed by atoms with Gasteiger partial charge in [-0.15, -0.1) is 23.1 Å². The van der Waals surface area contributed by atoms with Crippen LogP contribution in [0, 0.1) is 0 Å². The molecule has 0 spiro atoms. The molecule has 4 nitrogen and oxygen atoms in total. The van der Waals surface area contributed by atoms with Crippen LogP contribution in [-0.4, -0.2) is 31.5 Å². The maximum Gasteiger partial charge on any atom is 0.491 e. The Morgan fingerprint density at radius 2 is 2.29 bits per heavy atom. The van der Waals surface area contributed by atoms with E-state index in [0.29, 0.717) is 11.5 Å². The van der Waals surface area contributed by atoms with Gasteiger partial charge >= 0.3 is 13.1 Å². The molecule has 21 heavy (non-hydrogen) atoms. The number of methoxy groups -OCH3 is 1. The molecule has 0 fully saturated rings. The molecule has 2 aromatic rings. The Morgan fingerprint density at radius 1 is 1.48 bits per heavy atom. The Hall–Kier alpha value is -1.28. The number of ether oxygens (including phenoxy) is 1. The number of thioether (sulfide) groups is 1. The number of carbonyl (C=O) groups excluding carboxylic acids is 1. The fourth-order valence-electron chi connectivity index (χ4n) is 2.42. The Balaban J connectivity index is 2.13. The summed E-state index contributed by atoms with van der Waals surface area (Å²) in [6, 6.07) is 7.60. The SMILES string of the molecule is COC(=O)c1cc(-c2cccc3c2COB3O)c(SC)s1. The van der Waals surface area contributed by atoms with E-state index in [-0.39, 0.29) is 5.97 Å². The summed E-state index contributed by atoms with van der Waals surface area (Å²) < 4.78 is 11.1. The lowest BCUT2D eigenvalue weighted by atomic mass is 9.78. The highest BCUT2D eigenvalue weighted by atomic mass is 32.2. The molecule has 0 amide bonds. The molecule has 1 aliphatic heterocycles. The van der Waals surface area contributed by atoms with Gasteiger partial charge in [0.2, 0.25) is 0 Å². The number of hydrogen-bond donors (Lipinski definition) is 1. The zero-order valence-corrected chi connectivity index (χ0v) is 13.2. The molecule has 2 heterocycles. The minimum atomic E-state index is -0.864. The Morgan fingerprint density at radius 3 is 3.00 bits per heavy atom. The summed E-state index contributed by atoms with van der Waals surface area (Å²) in [5.74, 6) is -0.328. The third kappa shape index (κ3) is 2.51. The largest absolute Gasteiger partial charge is 0.491 e. The van der Waals surface area contributed by atoms with Gasteiger partial charge in [-0.1, -0.05) is 18.2 Å². The van der Waals surface area contributed by atoms with E-state index in [1.165, 1.54) is 18.4 Å². The van der Waals surface area contributed by atoms with Crippen LogP contribution in [0.4, 0.5) is 0 Å². The van der Waals surface area contributed by atoms with E-state index in [1.807, 2.05) is 30.5 Å². The molecule has 0 atom stereocenters. The molecule has 1 aromatic heterocycles. The number of carbonyl (C=O) groups is 1. The van der Waals surface area contributed by atoms with Gasteiger partial charge in [-0.25, -0.2) is 4.79 Å². The predicted molar refractivity (Wildman–Crippen MR) is 85.3 cm³/mol. The fourth-order valence-corrected chi connectivity index (χ4v) is 4.23. The summed E-state index contributed by atoms with van der Waals surface area (Å²) in [7, 11) is 0.515. The summed E-state index contributed by atoms with van der Waals surface area (Å²) in [5, 5.41) is 9.81. The first-order valence-electron chi connectivity index (χ1n) is 6.33. The summed E-state index contributed by atoms with van der Waals surface area (Å²) in [5.41, 5.74) is 3.77. The van der Waals surface area contributed by atoms with Crippen molar-refractivity contribution in [1.82, 2.24) is 0 Å². The molecule has 0 saturated carbocycles. The van der Waals surface area contributed by atoms with Crippen LogP contribution in [0.2, 0.25) is 0 Å². The van der Waals surface area contributed by atoms with Crippen molar-refractivity contribution in [3.63, 3.8) is 0 Å². The zero-order chi connectivity index (χ0) is 15.0. The minimum Gasteiger partial charge on any atom is -0.465 e. The molecule has 108 valence electrons. The molecule has 0 aliphatic carbocycles. The van der Waals surface area contributed by atoms with Crippen LogP contribution in [0.1, 0.15) is 15.2 Å². The van der Waals surface area contributed by atoms with Gasteiger partial charge in [-0.2, -0.15) is 0 Å². The second-order valence-corrected chi connectivity index (χ2v) is 6.67. The number of esters is 1. The topological polar surface area (TPSA) is 55.8 Å². The first-order chi connectivity index (χ1) is 10.2. The molecule has 0 unspecified atom stereocenters. The highest BCUT2D eigenvalue weighted by Gasteiger charge is 2.30. The smallest absolute Gasteiger partial charge is 0.465 e. The number of fused-ring (bicyclic) bond motifs is 1. The van der Waals surface area contributed by atoms with Crippen molar-refractivity contribution < 1.29 is 19.2 Å². The van der Waals surface area contributed by atoms with E-state index in [2.05, 4.69) is 0 Å². The van der Waals surface area contributed by atoms with Crippen LogP contribution in [0.25, 0.3) is 11.1 Å². The lowest BCUT2D eigenvalue weighted by molar-refractivity contribution is 0.0606. The van der Waals surface area contributed by atoms with Crippen LogP contribution in [0.3, 0.4) is 0 Å². The summed E-state index contributed by atoms with van der Waals surface area (Å²) in [6.45, 7) is 0.379. The third-order valence-corrected chi connectivity index (χ3v) is 5.67. The van der Waals surface area contributed by atoms with Crippen molar-refractivity contribution >= 4 is 41.6 Å². The average molecular weight is 320 g/mol. The maximum atomic E-state index is 11.7. The molecule has 1 aliphatic rings. The molecule has 0 bridgehead atoms. The Labute approximate surface area is 131 Å². The van der Waals surface area contributed by atoms with Gasteiger partial charge in [0.05, 0.1) is 17.9 Å². The lowest BCUT2D eigenvalue weighted by Gasteiger charge is -2.07. The van der Waals surface area contributed by atoms with Gasteiger partial charge < -0.3 is 14.4 Å². The van der Waals surface area contributed by atoms with Crippen molar-refractivity contribution in [3.05, 3.63) is 34.7 Å². The molecular weight excluding hydrogens is 307 g/mol. The van der Waals surface area contributed by atoms with Crippen LogP contribution >= 0.6 is 23.1 Å². The highest BCUT2D eigenvalue weighted by molar-refractivity contribution is 8.00. The van der Waals surface area contributed by atoms with E-state index in [4.69, 9.17) is 9.39 Å². The van der Waals surface area contributed by atoms with Gasteiger partial charge in [-0.3, -0.25) is 0 Å². The highest BCUT2D eigenvalue weighted by Crippen LogP contribution is 2.39. The first-order valence-corrected chi connectivity index (χ1v) is 8.37. The third-order valence-electron chi connectivity index (χ3n) is 3.42. The Kier molecular flexibility index (Phi) is 4.08. The number of benzene rings is 1. The average Bonchev–Trinajstić information content (AvgIpc) is 3.10. The molecule has 7 heteroatoms. The number of thiophene rings is 1. The van der Waals surface area contributed by atoms with Crippen molar-refractivity contribution in [1.29, 1.82) is 0 Å². The fraction of sp³-hybridized carbons (Fsp3) is 0.214. The second kappa shape index (κ2) is 5.85. The lowest BCUT2D eigenvalue weighted by Crippen LogP contribution is -2.27. The van der Waals surface area contributed by atoms with E-state index in [9.17, 15) is 9.82 Å². The van der Waals surface area contributed by atoms with E-state index in [0.717, 1.165) is 26.4 Å². The van der Waals surface area contributed by atoms with Crippen molar-refractivity contribution in [3.8, 4) is 11.1 Å². The number of rotatable bonds is 3. The monoisotopic (exact) mass is 320 g/mol. The van der Waals surface area contributed by atoms with Crippen molar-refractivity contribution in [2.24, 2.45) is 0 Å². The molecule has 3 rings (SSSR count). The maximum absolute atomic E-state index is 11.7. The van der Waals surface area contributed by atoms with Crippen LogP contribution in [0.15, 0.2) is 28.5 Å². The quantitative estimate of drug-likeness (QED) is 0.533. The van der Waals surface area contributed by atoms with Gasteiger partial charge in [0.1, 0.15) is 4.88 Å². The van der Waals surface area contributed by atoms with Gasteiger partial charge in [0, 0.05) is 5.56 Å². The standard InChI is InChI=1S/C14H13BO4S2/c1-18-13(16)12-6-9(14(20-2)21-12)8-4-3-5-11-10(8)7-19-15(11)17/h3-6,17H,7H2,1-2H3. The van der Waals surface area contributed by atoms with Crippen LogP contribution in [-0.2, 0) is 16.0 Å². The van der Waals surface area contributed by atoms with Gasteiger partial charge in [0.25, 0.3) is 0 Å². The molecule has 1 aromatic carbocycles. The van der Waals surface area contributed by atoms with Gasteiger partial charge in [-0.05, 0) is 28.9 Å². The normalized spacial score (nSPS) is 13.4. The zero-order valence-electron chi connectivity index (χ0n) is 11.6. The molecule has 0 radical (unpaired) electrons. The van der Waals surface area contributed by atoms with Crippen LogP contribution in [0.5, 0.6) is 0 Å². The van der Waals surface area contributed by atoms with Crippen molar-refractivity contribution in [2.45, 2.75) is 10.8 Å². The summed E-state index contributed by atoms with van der Waals surface area (Å²) in [4.78, 5) is 12.3. The number of hydrogen-bond acceptors (Lipinski definition) is 6. The van der Waals surface area contributed by atoms with Gasteiger partial charge in [0.15, 0.2) is 0 Å². The van der Waals surface area contributed by atoms with E-state index >= 15 is 0 Å². The van der Waals surface area contributed by atoms with E-state index in [1.54, 1.807) is 11.8 Å². The summed E-state index contributed by atoms with van der Waals surface area (Å²) >= 11 is 3.01. The first kappa shape index (κ1) is 14.7. The summed E-state index contributed by atoms with van der Waals surface area (Å²) in [6.07, 6.45) is 1.98. The van der Waals surface area contributed by atoms with E-state index < -0.39 is 7.12 Å². The molecule has 1 N–H and O–H groups in total. The second-order valence-electron chi connectivity index (χ2n) is 4.54. The molecular formula is C14H13BO4S2. The van der Waals surface area contributed by atoms with Crippen molar-refractivity contribution in [2.75, 3.05) is 13.4 Å². The minimum absolute atomic E-state index is 0.328. The molecule has 0 saturated heterocycles.